The van der Waals surface area contributed by atoms with Gasteiger partial charge in [-0.25, -0.2) is 0 Å². The number of thioether (sulfide) groups is 1. The van der Waals surface area contributed by atoms with E-state index < -0.39 is 6.10 Å². The van der Waals surface area contributed by atoms with E-state index >= 15 is 0 Å². The summed E-state index contributed by atoms with van der Waals surface area (Å²) in [7, 11) is 3.07. The van der Waals surface area contributed by atoms with E-state index in [0.29, 0.717) is 0 Å². The molecule has 0 aliphatic rings. The maximum atomic E-state index is 11.9. The summed E-state index contributed by atoms with van der Waals surface area (Å²) in [6.07, 6.45) is -0.534. The number of methoxy groups -OCH3 is 2. The van der Waals surface area contributed by atoms with Crippen LogP contribution in [0.15, 0.2) is 0 Å². The molecule has 0 saturated carbocycles. The Kier molecular flexibility index (Phi) is 11.2. The average molecular weight is 274 g/mol. The molecule has 18 heavy (non-hydrogen) atoms. The minimum absolute atomic E-state index is 0.101. The second kappa shape index (κ2) is 11.5. The first-order valence-electron chi connectivity index (χ1n) is 5.87. The summed E-state index contributed by atoms with van der Waals surface area (Å²) in [5.74, 6) is 6.97. The predicted molar refractivity (Wildman–Crippen MR) is 73.6 cm³/mol. The lowest BCUT2D eigenvalue weighted by Crippen LogP contribution is -2.32. The minimum atomic E-state index is -0.534. The highest BCUT2D eigenvalue weighted by Crippen LogP contribution is 2.15. The molecule has 0 aliphatic heterocycles. The van der Waals surface area contributed by atoms with Gasteiger partial charge in [-0.1, -0.05) is 19.8 Å². The third kappa shape index (κ3) is 7.72. The Hall–Kier alpha value is -0.540. The van der Waals surface area contributed by atoms with Gasteiger partial charge < -0.3 is 14.2 Å². The Balaban J connectivity index is 4.45. The highest BCUT2D eigenvalue weighted by Gasteiger charge is 2.24. The molecule has 0 bridgehead atoms. The molecule has 2 atom stereocenters. The zero-order valence-electron chi connectivity index (χ0n) is 11.5. The van der Waals surface area contributed by atoms with Gasteiger partial charge in [-0.15, -0.1) is 0 Å². The fourth-order valence-corrected chi connectivity index (χ4v) is 2.08. The number of carbonyl (C=O) groups is 1. The van der Waals surface area contributed by atoms with Gasteiger partial charge in [0.1, 0.15) is 19.5 Å². The second-order valence-corrected chi connectivity index (χ2v) is 5.05. The van der Waals surface area contributed by atoms with Crippen molar-refractivity contribution in [2.24, 2.45) is 5.92 Å². The maximum Gasteiger partial charge on any atom is 0.234 e. The van der Waals surface area contributed by atoms with Gasteiger partial charge in [0.15, 0.2) is 0 Å². The molecule has 4 nitrogen and oxygen atoms in total. The summed E-state index contributed by atoms with van der Waals surface area (Å²) >= 11 is 1.78. The Bertz CT molecular complexity index is 282. The molecule has 5 heteroatoms. The van der Waals surface area contributed by atoms with Crippen LogP contribution in [0.3, 0.4) is 0 Å². The molecular weight excluding hydrogens is 252 g/mol. The van der Waals surface area contributed by atoms with Crippen LogP contribution in [0.1, 0.15) is 13.8 Å². The van der Waals surface area contributed by atoms with E-state index in [1.54, 1.807) is 18.9 Å². The number of ether oxygens (including phenoxy) is 3. The van der Waals surface area contributed by atoms with E-state index in [1.165, 1.54) is 7.11 Å². The normalized spacial score (nSPS) is 13.6. The minimum Gasteiger partial charge on any atom is -0.372 e. The van der Waals surface area contributed by atoms with E-state index in [0.717, 1.165) is 11.5 Å². The molecule has 0 aromatic carbocycles. The van der Waals surface area contributed by atoms with Crippen LogP contribution in [0, 0.1) is 17.8 Å². The first-order chi connectivity index (χ1) is 8.67. The summed E-state index contributed by atoms with van der Waals surface area (Å²) in [5.41, 5.74) is 0. The molecule has 0 aromatic heterocycles. The number of hydrogen-bond acceptors (Lipinski definition) is 5. The van der Waals surface area contributed by atoms with E-state index in [2.05, 4.69) is 18.8 Å². The molecule has 0 amide bonds. The van der Waals surface area contributed by atoms with E-state index in [9.17, 15) is 4.79 Å². The van der Waals surface area contributed by atoms with Crippen molar-refractivity contribution < 1.29 is 19.0 Å². The molecule has 0 rings (SSSR count). The molecule has 0 aliphatic carbocycles. The quantitative estimate of drug-likeness (QED) is 0.363. The van der Waals surface area contributed by atoms with Crippen LogP contribution in [0.4, 0.5) is 0 Å². The van der Waals surface area contributed by atoms with Crippen LogP contribution < -0.4 is 0 Å². The molecular formula is C13H22O4S. The van der Waals surface area contributed by atoms with Crippen LogP contribution in [0.25, 0.3) is 0 Å². The van der Waals surface area contributed by atoms with Gasteiger partial charge in [-0.3, -0.25) is 4.79 Å². The predicted octanol–water partition coefficient (Wildman–Crippen LogP) is 1.58. The van der Waals surface area contributed by atoms with Gasteiger partial charge in [0.25, 0.3) is 0 Å². The number of carbonyl (C=O) groups excluding carboxylic acids is 1. The van der Waals surface area contributed by atoms with Crippen LogP contribution in [-0.4, -0.2) is 51.0 Å². The molecule has 0 spiro atoms. The molecule has 0 fully saturated rings. The SMILES string of the molecule is CCSC[C@H](C)[C@@H](OCOC)C(=O)C#CCOC. The summed E-state index contributed by atoms with van der Waals surface area (Å²) in [6, 6.07) is 0. The van der Waals surface area contributed by atoms with Crippen LogP contribution in [0.2, 0.25) is 0 Å². The highest BCUT2D eigenvalue weighted by atomic mass is 32.2. The molecule has 0 saturated heterocycles. The third-order valence-corrected chi connectivity index (χ3v) is 3.32. The largest absolute Gasteiger partial charge is 0.372 e. The first kappa shape index (κ1) is 17.5. The smallest absolute Gasteiger partial charge is 0.234 e. The van der Waals surface area contributed by atoms with Crippen LogP contribution in [0.5, 0.6) is 0 Å². The van der Waals surface area contributed by atoms with Gasteiger partial charge in [-0.2, -0.15) is 11.8 Å². The number of rotatable bonds is 9. The zero-order chi connectivity index (χ0) is 13.8. The zero-order valence-corrected chi connectivity index (χ0v) is 12.3. The summed E-state index contributed by atoms with van der Waals surface area (Å²) in [6.45, 7) is 4.42. The molecule has 0 heterocycles. The molecule has 0 aromatic rings. The number of ketones is 1. The number of hydrogen-bond donors (Lipinski definition) is 0. The monoisotopic (exact) mass is 274 g/mol. The second-order valence-electron chi connectivity index (χ2n) is 3.73. The maximum absolute atomic E-state index is 11.9. The fourth-order valence-electron chi connectivity index (χ4n) is 1.30. The molecule has 0 radical (unpaired) electrons. The fraction of sp³-hybridized carbons (Fsp3) is 0.769. The average Bonchev–Trinajstić information content (AvgIpc) is 2.37. The first-order valence-corrected chi connectivity index (χ1v) is 7.02. The third-order valence-electron chi connectivity index (χ3n) is 2.15. The lowest BCUT2D eigenvalue weighted by Gasteiger charge is -2.20. The Labute approximate surface area is 114 Å². The Morgan fingerprint density at radius 1 is 1.33 bits per heavy atom. The molecule has 0 unspecified atom stereocenters. The summed E-state index contributed by atoms with van der Waals surface area (Å²) < 4.78 is 15.0. The van der Waals surface area contributed by atoms with Gasteiger partial charge in [0.2, 0.25) is 5.78 Å². The molecule has 0 N–H and O–H groups in total. The van der Waals surface area contributed by atoms with Crippen molar-refractivity contribution in [2.75, 3.05) is 39.1 Å². The standard InChI is InChI=1S/C13H22O4S/c1-5-18-9-11(2)13(17-10-16-4)12(14)7-6-8-15-3/h11,13H,5,8-10H2,1-4H3/t11-,13+/m0/s1. The lowest BCUT2D eigenvalue weighted by molar-refractivity contribution is -0.138. The molecule has 104 valence electrons. The van der Waals surface area contributed by atoms with Gasteiger partial charge in [0.05, 0.1) is 0 Å². The van der Waals surface area contributed by atoms with Crippen molar-refractivity contribution in [1.29, 1.82) is 0 Å². The van der Waals surface area contributed by atoms with Crippen molar-refractivity contribution >= 4 is 17.5 Å². The van der Waals surface area contributed by atoms with Crippen molar-refractivity contribution in [3.8, 4) is 11.8 Å². The van der Waals surface area contributed by atoms with Crippen LogP contribution >= 0.6 is 11.8 Å². The van der Waals surface area contributed by atoms with Crippen molar-refractivity contribution in [2.45, 2.75) is 20.0 Å². The number of Topliss-reactive ketones (excluding diaryl/α,β-unsaturated/α-hetero) is 1. The topological polar surface area (TPSA) is 44.8 Å². The van der Waals surface area contributed by atoms with Crippen molar-refractivity contribution in [3.63, 3.8) is 0 Å². The van der Waals surface area contributed by atoms with Gasteiger partial charge in [-0.05, 0) is 23.3 Å². The highest BCUT2D eigenvalue weighted by molar-refractivity contribution is 7.99. The van der Waals surface area contributed by atoms with Gasteiger partial charge in [0, 0.05) is 14.2 Å². The lowest BCUT2D eigenvalue weighted by atomic mass is 10.0. The van der Waals surface area contributed by atoms with Crippen LogP contribution in [-0.2, 0) is 19.0 Å². The van der Waals surface area contributed by atoms with E-state index in [4.69, 9.17) is 14.2 Å². The van der Waals surface area contributed by atoms with E-state index in [-0.39, 0.29) is 25.1 Å². The Morgan fingerprint density at radius 3 is 2.61 bits per heavy atom. The summed E-state index contributed by atoms with van der Waals surface area (Å²) in [5, 5.41) is 0. The van der Waals surface area contributed by atoms with E-state index in [1.807, 2.05) is 6.92 Å². The van der Waals surface area contributed by atoms with Crippen molar-refractivity contribution in [3.05, 3.63) is 0 Å². The van der Waals surface area contributed by atoms with Gasteiger partial charge >= 0.3 is 0 Å². The van der Waals surface area contributed by atoms with Crippen molar-refractivity contribution in [1.82, 2.24) is 0 Å². The Morgan fingerprint density at radius 2 is 2.06 bits per heavy atom. The summed E-state index contributed by atoms with van der Waals surface area (Å²) in [4.78, 5) is 11.9.